The summed E-state index contributed by atoms with van der Waals surface area (Å²) in [5.74, 6) is 0. The molecule has 1 aliphatic rings. The van der Waals surface area contributed by atoms with Gasteiger partial charge in [0.15, 0.2) is 5.69 Å². The van der Waals surface area contributed by atoms with Gasteiger partial charge in [-0.15, -0.1) is 0 Å². The molecule has 3 heterocycles. The number of imidazole rings is 1. The fraction of sp³-hybridized carbons (Fsp3) is 0.259. The van der Waals surface area contributed by atoms with Crippen LogP contribution in [0.3, 0.4) is 0 Å². The van der Waals surface area contributed by atoms with Crippen molar-refractivity contribution in [2.75, 3.05) is 13.1 Å². The van der Waals surface area contributed by atoms with Gasteiger partial charge in [-0.1, -0.05) is 18.2 Å². The highest BCUT2D eigenvalue weighted by Crippen LogP contribution is 2.32. The second-order valence-corrected chi connectivity index (χ2v) is 9.17. The van der Waals surface area contributed by atoms with E-state index in [1.165, 1.54) is 23.0 Å². The Hall–Kier alpha value is -4.63. The number of nitrogens with one attached hydrogen (secondary N) is 2. The molecule has 0 radical (unpaired) electrons. The number of carbonyl (C=O) groups is 1. The third kappa shape index (κ3) is 4.96. The molecule has 4 aromatic rings. The summed E-state index contributed by atoms with van der Waals surface area (Å²) in [7, 11) is 0. The lowest BCUT2D eigenvalue weighted by Crippen LogP contribution is -2.46. The molecule has 0 atom stereocenters. The normalized spacial score (nSPS) is 14.2. The molecule has 1 amide bonds. The second-order valence-electron chi connectivity index (χ2n) is 9.17. The third-order valence-electron chi connectivity index (χ3n) is 6.69. The maximum atomic E-state index is 13.8. The molecule has 9 nitrogen and oxygen atoms in total. The first-order chi connectivity index (χ1) is 18.7. The summed E-state index contributed by atoms with van der Waals surface area (Å²) in [6, 6.07) is 11.8. The molecule has 5 rings (SSSR count). The summed E-state index contributed by atoms with van der Waals surface area (Å²) in [4.78, 5) is 30.8. The van der Waals surface area contributed by atoms with Gasteiger partial charge in [0.25, 0.3) is 0 Å². The fourth-order valence-electron chi connectivity index (χ4n) is 4.78. The Morgan fingerprint density at radius 2 is 1.82 bits per heavy atom. The first-order valence-corrected chi connectivity index (χ1v) is 12.2. The van der Waals surface area contributed by atoms with Crippen molar-refractivity contribution in [3.8, 4) is 22.8 Å². The highest BCUT2D eigenvalue weighted by atomic mass is 19.4. The van der Waals surface area contributed by atoms with Gasteiger partial charge in [0.2, 0.25) is 0 Å². The van der Waals surface area contributed by atoms with Gasteiger partial charge in [-0.2, -0.15) is 18.3 Å². The van der Waals surface area contributed by atoms with Crippen molar-refractivity contribution in [1.82, 2.24) is 29.5 Å². The van der Waals surface area contributed by atoms with E-state index in [-0.39, 0.29) is 23.1 Å². The Balaban J connectivity index is 1.69. The maximum absolute atomic E-state index is 13.8. The van der Waals surface area contributed by atoms with Crippen LogP contribution in [0.15, 0.2) is 65.6 Å². The molecule has 0 spiro atoms. The average molecular weight is 536 g/mol. The van der Waals surface area contributed by atoms with Gasteiger partial charge >= 0.3 is 17.9 Å². The van der Waals surface area contributed by atoms with Gasteiger partial charge < -0.3 is 10.6 Å². The molecule has 1 fully saturated rings. The number of nitrogens with zero attached hydrogens (tertiary/aromatic N) is 5. The molecule has 12 heteroatoms. The van der Waals surface area contributed by atoms with Crippen LogP contribution in [0.25, 0.3) is 27.6 Å². The van der Waals surface area contributed by atoms with Crippen LogP contribution < -0.4 is 16.3 Å². The quantitative estimate of drug-likeness (QED) is 0.372. The van der Waals surface area contributed by atoms with Crippen molar-refractivity contribution in [1.29, 1.82) is 0 Å². The first-order valence-electron chi connectivity index (χ1n) is 12.2. The molecule has 39 heavy (non-hydrogen) atoms. The average Bonchev–Trinajstić information content (AvgIpc) is 3.50. The number of aromatic nitrogens is 4. The van der Waals surface area contributed by atoms with Crippen LogP contribution in [-0.2, 0) is 6.18 Å². The van der Waals surface area contributed by atoms with E-state index in [0.717, 1.165) is 21.3 Å². The van der Waals surface area contributed by atoms with Crippen LogP contribution in [0.1, 0.15) is 24.1 Å². The van der Waals surface area contributed by atoms with E-state index in [9.17, 15) is 22.8 Å². The molecule has 1 saturated heterocycles. The fourth-order valence-corrected chi connectivity index (χ4v) is 4.78. The minimum atomic E-state index is -4.61. The summed E-state index contributed by atoms with van der Waals surface area (Å²) in [6.07, 6.45) is -1.76. The largest absolute Gasteiger partial charge is 0.416 e. The molecule has 200 valence electrons. The van der Waals surface area contributed by atoms with Crippen LogP contribution in [0.2, 0.25) is 0 Å². The first kappa shape index (κ1) is 26.0. The number of rotatable bonds is 4. The number of hydrogen-bond acceptors (Lipinski definition) is 4. The lowest BCUT2D eigenvalue weighted by Gasteiger charge is -2.23. The maximum Gasteiger partial charge on any atom is 0.416 e. The summed E-state index contributed by atoms with van der Waals surface area (Å²) in [5.41, 5.74) is 0.105. The lowest BCUT2D eigenvalue weighted by molar-refractivity contribution is -0.137. The summed E-state index contributed by atoms with van der Waals surface area (Å²) < 4.78 is 44.0. The Bertz CT molecular complexity index is 1620. The summed E-state index contributed by atoms with van der Waals surface area (Å²) in [6.45, 7) is 10.2. The smallest absolute Gasteiger partial charge is 0.334 e. The standard InChI is InChI=1S/C27H24F3N7O2/c1-17-24(23-12-15-33-37(23)21-8-6-19(31-2)7-9-21)36(25(38)34-20-10-13-32-14-11-20)26(39)35(17)22-5-3-4-18(16-22)27(28,29)30/h3-9,12,15-16,20,32H,10-11,13-14H2,1H3,(H,34,38). The SMILES string of the molecule is [C-]#[N+]c1ccc(-n2nccc2-c2c(C)n(-c3cccc(C(F)(F)F)c3)c(=O)n2C(=O)NC2CCNCC2)cc1. The van der Waals surface area contributed by atoms with E-state index in [2.05, 4.69) is 20.6 Å². The van der Waals surface area contributed by atoms with Gasteiger partial charge in [0, 0.05) is 6.04 Å². The monoisotopic (exact) mass is 535 g/mol. The molecule has 2 aromatic heterocycles. The second kappa shape index (κ2) is 10.3. The zero-order valence-corrected chi connectivity index (χ0v) is 20.9. The van der Waals surface area contributed by atoms with E-state index >= 15 is 0 Å². The van der Waals surface area contributed by atoms with Crippen molar-refractivity contribution < 1.29 is 18.0 Å². The minimum absolute atomic E-state index is 0.0190. The lowest BCUT2D eigenvalue weighted by atomic mass is 10.1. The van der Waals surface area contributed by atoms with Gasteiger partial charge in [0.1, 0.15) is 5.69 Å². The van der Waals surface area contributed by atoms with E-state index in [4.69, 9.17) is 6.57 Å². The van der Waals surface area contributed by atoms with Crippen molar-refractivity contribution in [2.24, 2.45) is 0 Å². The van der Waals surface area contributed by atoms with Crippen LogP contribution in [0, 0.1) is 13.5 Å². The van der Waals surface area contributed by atoms with Crippen molar-refractivity contribution in [3.63, 3.8) is 0 Å². The Labute approximate surface area is 221 Å². The number of amides is 1. The van der Waals surface area contributed by atoms with Gasteiger partial charge in [-0.3, -0.25) is 4.57 Å². The number of halogens is 3. The molecular weight excluding hydrogens is 511 g/mol. The van der Waals surface area contributed by atoms with E-state index < -0.39 is 23.5 Å². The predicted molar refractivity (Wildman–Crippen MR) is 138 cm³/mol. The molecule has 2 aromatic carbocycles. The number of carbonyl (C=O) groups excluding carboxylic acids is 1. The van der Waals surface area contributed by atoms with Crippen molar-refractivity contribution >= 4 is 11.7 Å². The van der Waals surface area contributed by atoms with E-state index in [1.54, 1.807) is 37.3 Å². The molecule has 0 saturated carbocycles. The van der Waals surface area contributed by atoms with Crippen molar-refractivity contribution in [2.45, 2.75) is 32.0 Å². The molecule has 1 aliphatic heterocycles. The van der Waals surface area contributed by atoms with Crippen LogP contribution in [-0.4, -0.2) is 44.1 Å². The zero-order chi connectivity index (χ0) is 27.7. The third-order valence-corrected chi connectivity index (χ3v) is 6.69. The Morgan fingerprint density at radius 1 is 1.10 bits per heavy atom. The highest BCUT2D eigenvalue weighted by Gasteiger charge is 2.32. The number of alkyl halides is 3. The number of piperidine rings is 1. The molecule has 2 N–H and O–H groups in total. The number of hydrogen-bond donors (Lipinski definition) is 2. The topological polar surface area (TPSA) is 90.2 Å². The Kier molecular flexibility index (Phi) is 6.84. The minimum Gasteiger partial charge on any atom is -0.334 e. The molecular formula is C27H24F3N7O2. The highest BCUT2D eigenvalue weighted by molar-refractivity contribution is 5.83. The summed E-state index contributed by atoms with van der Waals surface area (Å²) >= 11 is 0. The van der Waals surface area contributed by atoms with Gasteiger partial charge in [-0.25, -0.2) is 23.7 Å². The number of benzene rings is 2. The summed E-state index contributed by atoms with van der Waals surface area (Å²) in [5, 5.41) is 10.5. The molecule has 0 unspecified atom stereocenters. The zero-order valence-electron chi connectivity index (χ0n) is 20.9. The Morgan fingerprint density at radius 3 is 2.49 bits per heavy atom. The predicted octanol–water partition coefficient (Wildman–Crippen LogP) is 4.68. The van der Waals surface area contributed by atoms with Crippen LogP contribution in [0.4, 0.5) is 23.7 Å². The van der Waals surface area contributed by atoms with Gasteiger partial charge in [-0.05, 0) is 69.3 Å². The van der Waals surface area contributed by atoms with Gasteiger partial charge in [0.05, 0.1) is 41.1 Å². The molecule has 0 bridgehead atoms. The van der Waals surface area contributed by atoms with E-state index in [0.29, 0.717) is 43.0 Å². The van der Waals surface area contributed by atoms with Crippen LogP contribution >= 0.6 is 0 Å². The van der Waals surface area contributed by atoms with E-state index in [1.807, 2.05) is 0 Å². The van der Waals surface area contributed by atoms with Crippen LogP contribution in [0.5, 0.6) is 0 Å². The van der Waals surface area contributed by atoms with Crippen molar-refractivity contribution in [3.05, 3.63) is 94.0 Å². The molecule has 0 aliphatic carbocycles.